The van der Waals surface area contributed by atoms with Gasteiger partial charge in [-0.05, 0) is 29.8 Å². The van der Waals surface area contributed by atoms with Gasteiger partial charge in [-0.3, -0.25) is 9.80 Å². The number of rotatable bonds is 8. The number of likely N-dealkylation sites (tertiary alicyclic amines) is 1. The van der Waals surface area contributed by atoms with E-state index in [2.05, 4.69) is 5.10 Å². The molecule has 8 nitrogen and oxygen atoms in total. The number of piperidine rings is 1. The van der Waals surface area contributed by atoms with Gasteiger partial charge < -0.3 is 19.1 Å². The third-order valence-corrected chi connectivity index (χ3v) is 6.47. The van der Waals surface area contributed by atoms with Gasteiger partial charge in [0.1, 0.15) is 30.8 Å². The zero-order valence-corrected chi connectivity index (χ0v) is 20.3. The molecule has 1 saturated heterocycles. The van der Waals surface area contributed by atoms with E-state index in [0.717, 1.165) is 5.56 Å². The fourth-order valence-corrected chi connectivity index (χ4v) is 4.43. The fourth-order valence-electron chi connectivity index (χ4n) is 4.43. The number of hydrazone groups is 1. The second kappa shape index (κ2) is 11.5. The Kier molecular flexibility index (Phi) is 8.20. The standard InChI is InChI=1S/C26H28F3N3O5/c1-18-23(16-35-17-33)32(30-24(18)26(27,28)29)20-7-9-21(10-8-20)37-22-11-13-31(14-12-22)25(34)36-15-19-5-3-2-4-6-19/h2-10,17-18,22-23H,11-16H2,1H3/t18-,23-/m0/s1. The van der Waals surface area contributed by atoms with Gasteiger partial charge in [0.15, 0.2) is 0 Å². The van der Waals surface area contributed by atoms with E-state index in [1.54, 1.807) is 29.2 Å². The van der Waals surface area contributed by atoms with E-state index in [4.69, 9.17) is 14.2 Å². The van der Waals surface area contributed by atoms with Crippen LogP contribution in [-0.4, -0.2) is 61.2 Å². The molecule has 0 N–H and O–H groups in total. The summed E-state index contributed by atoms with van der Waals surface area (Å²) in [5.74, 6) is -0.415. The summed E-state index contributed by atoms with van der Waals surface area (Å²) in [5.41, 5.74) is 0.430. The minimum atomic E-state index is -4.58. The Hall–Kier alpha value is -3.76. The first kappa shape index (κ1) is 26.3. The van der Waals surface area contributed by atoms with Crippen LogP contribution in [0.2, 0.25) is 0 Å². The lowest BCUT2D eigenvalue weighted by molar-refractivity contribution is -0.129. The quantitative estimate of drug-likeness (QED) is 0.467. The third kappa shape index (κ3) is 6.52. The van der Waals surface area contributed by atoms with Crippen LogP contribution in [0.25, 0.3) is 0 Å². The van der Waals surface area contributed by atoms with Crippen molar-refractivity contribution >= 4 is 24.0 Å². The number of benzene rings is 2. The topological polar surface area (TPSA) is 80.7 Å². The van der Waals surface area contributed by atoms with Gasteiger partial charge >= 0.3 is 12.3 Å². The molecule has 0 saturated carbocycles. The van der Waals surface area contributed by atoms with Crippen LogP contribution in [0.15, 0.2) is 59.7 Å². The monoisotopic (exact) mass is 519 g/mol. The molecule has 2 atom stereocenters. The van der Waals surface area contributed by atoms with Gasteiger partial charge in [0.25, 0.3) is 6.47 Å². The van der Waals surface area contributed by atoms with Crippen molar-refractivity contribution in [2.75, 3.05) is 24.7 Å². The van der Waals surface area contributed by atoms with Crippen molar-refractivity contribution in [2.45, 2.75) is 44.7 Å². The van der Waals surface area contributed by atoms with Crippen LogP contribution < -0.4 is 9.75 Å². The van der Waals surface area contributed by atoms with Crippen LogP contribution in [0.4, 0.5) is 23.7 Å². The Balaban J connectivity index is 1.31. The van der Waals surface area contributed by atoms with Crippen molar-refractivity contribution in [3.63, 3.8) is 0 Å². The molecule has 2 aromatic carbocycles. The normalized spacial score (nSPS) is 20.4. The van der Waals surface area contributed by atoms with Crippen molar-refractivity contribution in [1.29, 1.82) is 0 Å². The number of hydrogen-bond acceptors (Lipinski definition) is 7. The highest BCUT2D eigenvalue weighted by molar-refractivity contribution is 5.95. The molecule has 0 aliphatic carbocycles. The maximum absolute atomic E-state index is 13.4. The van der Waals surface area contributed by atoms with Crippen molar-refractivity contribution in [3.8, 4) is 5.75 Å². The Morgan fingerprint density at radius 2 is 1.76 bits per heavy atom. The average molecular weight is 520 g/mol. The van der Waals surface area contributed by atoms with Gasteiger partial charge in [0.2, 0.25) is 0 Å². The lowest BCUT2D eigenvalue weighted by Gasteiger charge is -2.31. The number of anilines is 1. The summed E-state index contributed by atoms with van der Waals surface area (Å²) in [6.45, 7) is 2.60. The van der Waals surface area contributed by atoms with Crippen molar-refractivity contribution in [1.82, 2.24) is 4.90 Å². The first-order chi connectivity index (χ1) is 17.8. The highest BCUT2D eigenvalue weighted by Gasteiger charge is 2.48. The molecule has 4 rings (SSSR count). The number of nitrogens with zero attached hydrogens (tertiary/aromatic N) is 3. The molecular formula is C26H28F3N3O5. The third-order valence-electron chi connectivity index (χ3n) is 6.47. The van der Waals surface area contributed by atoms with Crippen LogP contribution in [-0.2, 0) is 20.9 Å². The lowest BCUT2D eigenvalue weighted by atomic mass is 9.97. The number of hydrogen-bond donors (Lipinski definition) is 0. The van der Waals surface area contributed by atoms with Crippen LogP contribution in [0, 0.1) is 5.92 Å². The van der Waals surface area contributed by atoms with E-state index < -0.39 is 23.8 Å². The number of halogens is 3. The Morgan fingerprint density at radius 1 is 1.08 bits per heavy atom. The number of carbonyl (C=O) groups excluding carboxylic acids is 2. The van der Waals surface area contributed by atoms with E-state index >= 15 is 0 Å². The molecule has 0 unspecified atom stereocenters. The first-order valence-electron chi connectivity index (χ1n) is 12.0. The van der Waals surface area contributed by atoms with E-state index in [1.807, 2.05) is 30.3 Å². The molecule has 0 spiro atoms. The molecule has 0 aromatic heterocycles. The minimum Gasteiger partial charge on any atom is -0.490 e. The molecule has 1 amide bonds. The predicted octanol–water partition coefficient (Wildman–Crippen LogP) is 4.78. The average Bonchev–Trinajstić information content (AvgIpc) is 3.24. The molecular weight excluding hydrogens is 491 g/mol. The van der Waals surface area contributed by atoms with Crippen molar-refractivity contribution in [2.24, 2.45) is 11.0 Å². The highest BCUT2D eigenvalue weighted by atomic mass is 19.4. The molecule has 0 bridgehead atoms. The summed E-state index contributed by atoms with van der Waals surface area (Å²) in [7, 11) is 0. The van der Waals surface area contributed by atoms with Crippen LogP contribution in [0.5, 0.6) is 5.75 Å². The van der Waals surface area contributed by atoms with Gasteiger partial charge in [-0.1, -0.05) is 37.3 Å². The van der Waals surface area contributed by atoms with Crippen LogP contribution in [0.3, 0.4) is 0 Å². The molecule has 2 aliphatic heterocycles. The zero-order chi connectivity index (χ0) is 26.4. The molecule has 2 heterocycles. The number of amides is 1. The molecule has 1 fully saturated rings. The highest BCUT2D eigenvalue weighted by Crippen LogP contribution is 2.35. The van der Waals surface area contributed by atoms with Crippen molar-refractivity contribution in [3.05, 3.63) is 60.2 Å². The van der Waals surface area contributed by atoms with Gasteiger partial charge in [0, 0.05) is 31.8 Å². The summed E-state index contributed by atoms with van der Waals surface area (Å²) in [6.07, 6.45) is -3.82. The summed E-state index contributed by atoms with van der Waals surface area (Å²) >= 11 is 0. The molecule has 198 valence electrons. The SMILES string of the molecule is C[C@@H]1C(C(F)(F)F)=NN(c2ccc(OC3CCN(C(=O)OCc4ccccc4)CC3)cc2)[C@H]1COC=O. The van der Waals surface area contributed by atoms with Crippen LogP contribution >= 0.6 is 0 Å². The predicted molar refractivity (Wildman–Crippen MR) is 129 cm³/mol. The molecule has 11 heteroatoms. The van der Waals surface area contributed by atoms with Gasteiger partial charge in [-0.2, -0.15) is 18.3 Å². The van der Waals surface area contributed by atoms with Crippen molar-refractivity contribution < 1.29 is 37.0 Å². The fraction of sp³-hybridized carbons (Fsp3) is 0.423. The van der Waals surface area contributed by atoms with Gasteiger partial charge in [-0.15, -0.1) is 0 Å². The largest absolute Gasteiger partial charge is 0.490 e. The van der Waals surface area contributed by atoms with Crippen LogP contribution in [0.1, 0.15) is 25.3 Å². The van der Waals surface area contributed by atoms with Gasteiger partial charge in [-0.25, -0.2) is 4.79 Å². The summed E-state index contributed by atoms with van der Waals surface area (Å²) < 4.78 is 56.4. The summed E-state index contributed by atoms with van der Waals surface area (Å²) in [5, 5.41) is 5.02. The Bertz CT molecular complexity index is 1090. The maximum atomic E-state index is 13.4. The van der Waals surface area contributed by atoms with E-state index in [0.29, 0.717) is 37.4 Å². The smallest absolute Gasteiger partial charge is 0.431 e. The first-order valence-corrected chi connectivity index (χ1v) is 12.0. The van der Waals surface area contributed by atoms with E-state index in [-0.39, 0.29) is 31.9 Å². The summed E-state index contributed by atoms with van der Waals surface area (Å²) in [6, 6.07) is 15.3. The molecule has 0 radical (unpaired) electrons. The number of carbonyl (C=O) groups is 2. The van der Waals surface area contributed by atoms with Gasteiger partial charge in [0.05, 0.1) is 11.7 Å². The van der Waals surface area contributed by atoms with E-state index in [1.165, 1.54) is 11.9 Å². The number of alkyl halides is 3. The lowest BCUT2D eigenvalue weighted by Crippen LogP contribution is -2.42. The molecule has 2 aliphatic rings. The minimum absolute atomic E-state index is 0.112. The maximum Gasteiger partial charge on any atom is 0.431 e. The molecule has 37 heavy (non-hydrogen) atoms. The second-order valence-corrected chi connectivity index (χ2v) is 8.95. The summed E-state index contributed by atoms with van der Waals surface area (Å²) in [4.78, 5) is 24.6. The van der Waals surface area contributed by atoms with E-state index in [9.17, 15) is 22.8 Å². The number of ether oxygens (including phenoxy) is 3. The Labute approximate surface area is 212 Å². The molecule has 2 aromatic rings. The Morgan fingerprint density at radius 3 is 2.38 bits per heavy atom. The zero-order valence-electron chi connectivity index (χ0n) is 20.3. The second-order valence-electron chi connectivity index (χ2n) is 8.95.